The topological polar surface area (TPSA) is 103 Å². The van der Waals surface area contributed by atoms with E-state index in [2.05, 4.69) is 36.9 Å². The van der Waals surface area contributed by atoms with Crippen LogP contribution in [-0.4, -0.2) is 22.7 Å². The van der Waals surface area contributed by atoms with Gasteiger partial charge in [0.2, 0.25) is 5.91 Å². The van der Waals surface area contributed by atoms with Crippen LogP contribution in [-0.2, 0) is 9.59 Å². The Morgan fingerprint density at radius 3 is 2.29 bits per heavy atom. The lowest BCUT2D eigenvalue weighted by atomic mass is 10.1. The maximum atomic E-state index is 14.6. The second-order valence-electron chi connectivity index (χ2n) is 10.7. The molecule has 4 N–H and O–H groups in total. The molecule has 10 heteroatoms. The van der Waals surface area contributed by atoms with Crippen LogP contribution >= 0.6 is 27.7 Å². The average Bonchev–Trinajstić information content (AvgIpc) is 3.51. The number of benzene rings is 5. The molecule has 0 bridgehead atoms. The molecule has 6 rings (SSSR count). The lowest BCUT2D eigenvalue weighted by molar-refractivity contribution is -0.116. The van der Waals surface area contributed by atoms with Gasteiger partial charge in [-0.05, 0) is 66.2 Å². The second kappa shape index (κ2) is 15.0. The zero-order chi connectivity index (χ0) is 33.5. The lowest BCUT2D eigenvalue weighted by Crippen LogP contribution is -2.30. The Kier molecular flexibility index (Phi) is 10.1. The number of carbonyl (C=O) groups is 3. The number of hydrogen-bond donors (Lipinski definition) is 4. The summed E-state index contributed by atoms with van der Waals surface area (Å²) in [7, 11) is 0. The Morgan fingerprint density at radius 2 is 1.52 bits per heavy atom. The number of halogens is 2. The Balaban J connectivity index is 1.26. The van der Waals surface area contributed by atoms with Gasteiger partial charge in [0.1, 0.15) is 16.8 Å². The van der Waals surface area contributed by atoms with Crippen LogP contribution in [0.2, 0.25) is 0 Å². The molecule has 0 saturated carbocycles. The molecule has 3 amide bonds. The molecule has 0 radical (unpaired) electrons. The molecule has 0 aliphatic heterocycles. The minimum absolute atomic E-state index is 0.0460. The number of carbonyl (C=O) groups excluding carboxylic acids is 3. The molecule has 0 aliphatic carbocycles. The number of amides is 3. The van der Waals surface area contributed by atoms with Gasteiger partial charge in [0.05, 0.1) is 5.69 Å². The summed E-state index contributed by atoms with van der Waals surface area (Å²) in [6, 6.07) is 37.0. The van der Waals surface area contributed by atoms with Gasteiger partial charge in [-0.1, -0.05) is 88.7 Å². The van der Waals surface area contributed by atoms with Gasteiger partial charge in [0, 0.05) is 43.3 Å². The molecule has 0 fully saturated rings. The average molecular weight is 720 g/mol. The van der Waals surface area contributed by atoms with Gasteiger partial charge in [-0.3, -0.25) is 14.4 Å². The van der Waals surface area contributed by atoms with Gasteiger partial charge in [-0.15, -0.1) is 11.8 Å². The fourth-order valence-electron chi connectivity index (χ4n) is 4.98. The van der Waals surface area contributed by atoms with Crippen LogP contribution in [0, 0.1) is 5.82 Å². The Labute approximate surface area is 288 Å². The van der Waals surface area contributed by atoms with Crippen molar-refractivity contribution in [3.05, 3.63) is 166 Å². The van der Waals surface area contributed by atoms with E-state index in [0.717, 1.165) is 22.0 Å². The van der Waals surface area contributed by atoms with Gasteiger partial charge in [0.25, 0.3) is 11.8 Å². The molecule has 0 saturated heterocycles. The van der Waals surface area contributed by atoms with Gasteiger partial charge < -0.3 is 20.9 Å². The molecule has 0 spiro atoms. The quantitative estimate of drug-likeness (QED) is 0.0839. The minimum atomic E-state index is -0.734. The number of nitrogens with one attached hydrogen (secondary N) is 4. The van der Waals surface area contributed by atoms with Gasteiger partial charge in [0.15, 0.2) is 0 Å². The van der Waals surface area contributed by atoms with Crippen molar-refractivity contribution in [1.29, 1.82) is 0 Å². The third-order valence-electron chi connectivity index (χ3n) is 7.33. The minimum Gasteiger partial charge on any atom is -0.361 e. The molecule has 1 atom stereocenters. The fraction of sp³-hybridized carbons (Fsp3) is 0.0263. The number of H-pyrrole nitrogens is 1. The molecule has 0 aliphatic rings. The Bertz CT molecular complexity index is 2140. The van der Waals surface area contributed by atoms with Crippen LogP contribution in [0.1, 0.15) is 26.7 Å². The van der Waals surface area contributed by atoms with Crippen LogP contribution in [0.4, 0.5) is 15.8 Å². The number of hydrogen-bond acceptors (Lipinski definition) is 4. The van der Waals surface area contributed by atoms with Crippen LogP contribution in [0.25, 0.3) is 17.0 Å². The number of aromatic amines is 1. The molecule has 1 unspecified atom stereocenters. The zero-order valence-electron chi connectivity index (χ0n) is 25.2. The molecule has 7 nitrogen and oxygen atoms in total. The van der Waals surface area contributed by atoms with Crippen molar-refractivity contribution < 1.29 is 18.8 Å². The molecule has 6 aromatic rings. The zero-order valence-corrected chi connectivity index (χ0v) is 27.6. The van der Waals surface area contributed by atoms with Crippen molar-refractivity contribution in [2.45, 2.75) is 10.1 Å². The first-order valence-electron chi connectivity index (χ1n) is 14.9. The van der Waals surface area contributed by atoms with E-state index in [4.69, 9.17) is 0 Å². The molecule has 238 valence electrons. The number of thioether (sulfide) groups is 1. The molecule has 1 aromatic heterocycles. The molecule has 5 aromatic carbocycles. The highest BCUT2D eigenvalue weighted by molar-refractivity contribution is 9.10. The van der Waals surface area contributed by atoms with E-state index in [1.54, 1.807) is 60.8 Å². The van der Waals surface area contributed by atoms with Crippen molar-refractivity contribution in [2.24, 2.45) is 0 Å². The summed E-state index contributed by atoms with van der Waals surface area (Å²) in [5, 5.41) is 8.54. The Hall–Kier alpha value is -5.45. The molecule has 1 heterocycles. The maximum Gasteiger partial charge on any atom is 0.272 e. The van der Waals surface area contributed by atoms with Crippen molar-refractivity contribution in [1.82, 2.24) is 10.3 Å². The number of anilines is 2. The van der Waals surface area contributed by atoms with E-state index in [1.165, 1.54) is 23.9 Å². The fourth-order valence-corrected chi connectivity index (χ4v) is 6.40. The van der Waals surface area contributed by atoms with E-state index >= 15 is 0 Å². The third-order valence-corrected chi connectivity index (χ3v) is 9.07. The first kappa shape index (κ1) is 32.5. The van der Waals surface area contributed by atoms with Gasteiger partial charge in [-0.2, -0.15) is 0 Å². The van der Waals surface area contributed by atoms with Crippen molar-refractivity contribution in [3.63, 3.8) is 0 Å². The summed E-state index contributed by atoms with van der Waals surface area (Å²) in [6.07, 6.45) is 3.41. The van der Waals surface area contributed by atoms with Crippen molar-refractivity contribution >= 4 is 73.8 Å². The van der Waals surface area contributed by atoms with Gasteiger partial charge >= 0.3 is 0 Å². The van der Waals surface area contributed by atoms with Crippen LogP contribution in [0.15, 0.2) is 149 Å². The highest BCUT2D eigenvalue weighted by Gasteiger charge is 2.24. The van der Waals surface area contributed by atoms with Crippen LogP contribution in [0.3, 0.4) is 0 Å². The number of rotatable bonds is 10. The van der Waals surface area contributed by atoms with Crippen LogP contribution in [0.5, 0.6) is 0 Å². The highest BCUT2D eigenvalue weighted by atomic mass is 79.9. The number of para-hydroxylation sites is 1. The van der Waals surface area contributed by atoms with Crippen LogP contribution < -0.4 is 16.0 Å². The summed E-state index contributed by atoms with van der Waals surface area (Å²) in [4.78, 5) is 44.3. The summed E-state index contributed by atoms with van der Waals surface area (Å²) < 4.78 is 15.2. The van der Waals surface area contributed by atoms with E-state index in [0.29, 0.717) is 20.6 Å². The van der Waals surface area contributed by atoms with Crippen molar-refractivity contribution in [2.75, 3.05) is 10.6 Å². The highest BCUT2D eigenvalue weighted by Crippen LogP contribution is 2.37. The maximum absolute atomic E-state index is 14.6. The summed E-state index contributed by atoms with van der Waals surface area (Å²) >= 11 is 4.50. The normalized spacial score (nSPS) is 11.9. The Morgan fingerprint density at radius 1 is 0.792 bits per heavy atom. The molecular weight excluding hydrogens is 691 g/mol. The molecule has 48 heavy (non-hydrogen) atoms. The van der Waals surface area contributed by atoms with E-state index < -0.39 is 28.8 Å². The SMILES string of the molecule is O=C(Nc1cccc(SC(C(=O)Nc2ccc(Br)cc2F)c2ccccc2)c1)/C(=C/c1c[nH]c2ccccc12)NC(=O)c1ccccc1. The predicted octanol–water partition coefficient (Wildman–Crippen LogP) is 8.95. The summed E-state index contributed by atoms with van der Waals surface area (Å²) in [5.41, 5.74) is 3.31. The van der Waals surface area contributed by atoms with Gasteiger partial charge in [-0.25, -0.2) is 4.39 Å². The van der Waals surface area contributed by atoms with E-state index in [1.807, 2.05) is 66.7 Å². The second-order valence-corrected chi connectivity index (χ2v) is 12.8. The van der Waals surface area contributed by atoms with E-state index in [-0.39, 0.29) is 11.4 Å². The third kappa shape index (κ3) is 7.91. The van der Waals surface area contributed by atoms with E-state index in [9.17, 15) is 18.8 Å². The predicted molar refractivity (Wildman–Crippen MR) is 193 cm³/mol. The number of fused-ring (bicyclic) bond motifs is 1. The van der Waals surface area contributed by atoms with Crippen molar-refractivity contribution in [3.8, 4) is 0 Å². The standard InChI is InChI=1S/C38H28BrFN4O3S/c39-27-18-19-33(31(40)21-27)43-38(47)35(24-10-3-1-4-11-24)48-29-15-9-14-28(22-29)42-37(46)34(44-36(45)25-12-5-2-6-13-25)20-26-23-41-32-17-8-7-16-30(26)32/h1-23,35,41H,(H,42,46)(H,43,47)(H,44,45)/b34-20-. The first-order chi connectivity index (χ1) is 23.3. The summed E-state index contributed by atoms with van der Waals surface area (Å²) in [5.74, 6) is -1.93. The summed E-state index contributed by atoms with van der Waals surface area (Å²) in [6.45, 7) is 0. The largest absolute Gasteiger partial charge is 0.361 e. The lowest BCUT2D eigenvalue weighted by Gasteiger charge is -2.18. The monoisotopic (exact) mass is 718 g/mol. The molecular formula is C38H28BrFN4O3S. The number of aromatic nitrogens is 1. The first-order valence-corrected chi connectivity index (χ1v) is 16.5. The smallest absolute Gasteiger partial charge is 0.272 e.